The van der Waals surface area contributed by atoms with E-state index < -0.39 is 0 Å². The minimum absolute atomic E-state index is 0.642. The van der Waals surface area contributed by atoms with Crippen LogP contribution in [0.15, 0.2) is 28.0 Å². The zero-order valence-electron chi connectivity index (χ0n) is 8.37. The molecule has 0 aliphatic heterocycles. The molecule has 0 saturated heterocycles. The molecular formula is C10H14BrN3. The Morgan fingerprint density at radius 2 is 2.36 bits per heavy atom. The van der Waals surface area contributed by atoms with E-state index in [1.807, 2.05) is 18.3 Å². The Labute approximate surface area is 92.8 Å². The fourth-order valence-corrected chi connectivity index (χ4v) is 1.06. The maximum absolute atomic E-state index is 4.08. The van der Waals surface area contributed by atoms with Crippen LogP contribution in [0.4, 0.5) is 5.69 Å². The van der Waals surface area contributed by atoms with Crippen LogP contribution < -0.4 is 5.43 Å². The van der Waals surface area contributed by atoms with E-state index in [1.54, 1.807) is 6.20 Å². The predicted molar refractivity (Wildman–Crippen MR) is 63.5 cm³/mol. The molecule has 0 radical (unpaired) electrons. The van der Waals surface area contributed by atoms with E-state index in [0.29, 0.717) is 5.92 Å². The number of anilines is 1. The third-order valence-electron chi connectivity index (χ3n) is 1.59. The zero-order valence-corrected chi connectivity index (χ0v) is 9.95. The zero-order chi connectivity index (χ0) is 10.4. The molecule has 0 fully saturated rings. The van der Waals surface area contributed by atoms with Gasteiger partial charge in [-0.05, 0) is 40.4 Å². The third-order valence-corrected chi connectivity index (χ3v) is 2.06. The summed E-state index contributed by atoms with van der Waals surface area (Å²) in [5.41, 5.74) is 3.81. The molecule has 4 heteroatoms. The Kier molecular flexibility index (Phi) is 4.59. The molecule has 0 aliphatic rings. The lowest BCUT2D eigenvalue weighted by atomic mass is 10.2. The minimum Gasteiger partial charge on any atom is -0.277 e. The summed E-state index contributed by atoms with van der Waals surface area (Å²) in [7, 11) is 0. The summed E-state index contributed by atoms with van der Waals surface area (Å²) >= 11 is 3.27. The van der Waals surface area contributed by atoms with E-state index in [1.165, 1.54) is 0 Å². The maximum Gasteiger partial charge on any atom is 0.106 e. The minimum atomic E-state index is 0.642. The van der Waals surface area contributed by atoms with Gasteiger partial charge in [0.1, 0.15) is 4.60 Å². The van der Waals surface area contributed by atoms with Crippen LogP contribution in [-0.4, -0.2) is 11.2 Å². The van der Waals surface area contributed by atoms with Crippen molar-refractivity contribution in [1.82, 2.24) is 4.98 Å². The summed E-state index contributed by atoms with van der Waals surface area (Å²) in [4.78, 5) is 4.07. The van der Waals surface area contributed by atoms with E-state index in [-0.39, 0.29) is 0 Å². The normalized spacial score (nSPS) is 11.1. The number of hydrogen-bond acceptors (Lipinski definition) is 3. The van der Waals surface area contributed by atoms with Crippen molar-refractivity contribution in [2.45, 2.75) is 20.3 Å². The van der Waals surface area contributed by atoms with Gasteiger partial charge in [-0.2, -0.15) is 5.10 Å². The Morgan fingerprint density at radius 3 is 2.93 bits per heavy atom. The summed E-state index contributed by atoms with van der Waals surface area (Å²) in [6.45, 7) is 4.32. The lowest BCUT2D eigenvalue weighted by Gasteiger charge is -2.00. The van der Waals surface area contributed by atoms with Gasteiger partial charge in [-0.3, -0.25) is 5.43 Å². The van der Waals surface area contributed by atoms with Crippen molar-refractivity contribution in [3.05, 3.63) is 22.9 Å². The molecule has 3 nitrogen and oxygen atoms in total. The van der Waals surface area contributed by atoms with Gasteiger partial charge in [-0.25, -0.2) is 4.98 Å². The van der Waals surface area contributed by atoms with Crippen LogP contribution >= 0.6 is 15.9 Å². The average molecular weight is 256 g/mol. The largest absolute Gasteiger partial charge is 0.277 e. The molecule has 1 rings (SSSR count). The molecule has 0 atom stereocenters. The summed E-state index contributed by atoms with van der Waals surface area (Å²) in [6, 6.07) is 3.80. The second-order valence-corrected chi connectivity index (χ2v) is 4.24. The van der Waals surface area contributed by atoms with Crippen LogP contribution in [0.2, 0.25) is 0 Å². The summed E-state index contributed by atoms with van der Waals surface area (Å²) in [6.07, 6.45) is 4.60. The van der Waals surface area contributed by atoms with Crippen molar-refractivity contribution in [2.24, 2.45) is 11.0 Å². The number of aromatic nitrogens is 1. The molecule has 0 aliphatic carbocycles. The monoisotopic (exact) mass is 255 g/mol. The molecule has 1 N–H and O–H groups in total. The van der Waals surface area contributed by atoms with Gasteiger partial charge in [0.2, 0.25) is 0 Å². The molecular weight excluding hydrogens is 242 g/mol. The van der Waals surface area contributed by atoms with E-state index in [4.69, 9.17) is 0 Å². The molecule has 0 spiro atoms. The molecule has 0 saturated carbocycles. The fraction of sp³-hybridized carbons (Fsp3) is 0.400. The Bertz CT molecular complexity index is 293. The Morgan fingerprint density at radius 1 is 1.57 bits per heavy atom. The van der Waals surface area contributed by atoms with Gasteiger partial charge in [0.15, 0.2) is 0 Å². The quantitative estimate of drug-likeness (QED) is 0.510. The van der Waals surface area contributed by atoms with Gasteiger partial charge in [-0.1, -0.05) is 13.8 Å². The van der Waals surface area contributed by atoms with Crippen molar-refractivity contribution < 1.29 is 0 Å². The summed E-state index contributed by atoms with van der Waals surface area (Å²) in [5.74, 6) is 0.642. The molecule has 14 heavy (non-hydrogen) atoms. The number of rotatable bonds is 4. The van der Waals surface area contributed by atoms with Gasteiger partial charge in [-0.15, -0.1) is 0 Å². The highest BCUT2D eigenvalue weighted by Crippen LogP contribution is 2.09. The molecule has 1 aromatic rings. The Balaban J connectivity index is 2.38. The van der Waals surface area contributed by atoms with Crippen LogP contribution in [0, 0.1) is 5.92 Å². The SMILES string of the molecule is CC(C)CC=NNc1ccc(Br)nc1. The highest BCUT2D eigenvalue weighted by atomic mass is 79.9. The van der Waals surface area contributed by atoms with Crippen LogP contribution in [-0.2, 0) is 0 Å². The summed E-state index contributed by atoms with van der Waals surface area (Å²) in [5, 5.41) is 4.08. The smallest absolute Gasteiger partial charge is 0.106 e. The first-order valence-corrected chi connectivity index (χ1v) is 5.37. The molecule has 0 unspecified atom stereocenters. The lowest BCUT2D eigenvalue weighted by Crippen LogP contribution is -1.93. The number of nitrogens with zero attached hydrogens (tertiary/aromatic N) is 2. The highest BCUT2D eigenvalue weighted by Gasteiger charge is 1.90. The van der Waals surface area contributed by atoms with Crippen LogP contribution in [0.25, 0.3) is 0 Å². The van der Waals surface area contributed by atoms with Crippen molar-refractivity contribution in [3.8, 4) is 0 Å². The number of hydrazone groups is 1. The lowest BCUT2D eigenvalue weighted by molar-refractivity contribution is 0.690. The predicted octanol–water partition coefficient (Wildman–Crippen LogP) is 3.29. The van der Waals surface area contributed by atoms with E-state index in [9.17, 15) is 0 Å². The van der Waals surface area contributed by atoms with Crippen molar-refractivity contribution >= 4 is 27.8 Å². The molecule has 0 bridgehead atoms. The third kappa shape index (κ3) is 4.37. The summed E-state index contributed by atoms with van der Waals surface area (Å²) < 4.78 is 0.828. The van der Waals surface area contributed by atoms with Crippen LogP contribution in [0.1, 0.15) is 20.3 Å². The number of halogens is 1. The average Bonchev–Trinajstić information content (AvgIpc) is 2.15. The number of nitrogens with one attached hydrogen (secondary N) is 1. The van der Waals surface area contributed by atoms with E-state index in [2.05, 4.69) is 45.3 Å². The topological polar surface area (TPSA) is 37.3 Å². The van der Waals surface area contributed by atoms with Gasteiger partial charge >= 0.3 is 0 Å². The standard InChI is InChI=1S/C10H14BrN3/c1-8(2)5-6-13-14-9-3-4-10(11)12-7-9/h3-4,6-8,14H,5H2,1-2H3. The molecule has 1 heterocycles. The van der Waals surface area contributed by atoms with E-state index >= 15 is 0 Å². The highest BCUT2D eigenvalue weighted by molar-refractivity contribution is 9.10. The Hall–Kier alpha value is -0.900. The first-order chi connectivity index (χ1) is 6.68. The van der Waals surface area contributed by atoms with E-state index in [0.717, 1.165) is 16.7 Å². The fourth-order valence-electron chi connectivity index (χ4n) is 0.826. The molecule has 1 aromatic heterocycles. The van der Waals surface area contributed by atoms with Crippen molar-refractivity contribution in [3.63, 3.8) is 0 Å². The second-order valence-electron chi connectivity index (χ2n) is 3.42. The van der Waals surface area contributed by atoms with Crippen LogP contribution in [0.3, 0.4) is 0 Å². The maximum atomic E-state index is 4.08. The second kappa shape index (κ2) is 5.75. The number of hydrogen-bond donors (Lipinski definition) is 1. The molecule has 0 aromatic carbocycles. The molecule has 76 valence electrons. The first-order valence-electron chi connectivity index (χ1n) is 4.57. The van der Waals surface area contributed by atoms with Gasteiger partial charge < -0.3 is 0 Å². The van der Waals surface area contributed by atoms with Gasteiger partial charge in [0.05, 0.1) is 11.9 Å². The van der Waals surface area contributed by atoms with Crippen LogP contribution in [0.5, 0.6) is 0 Å². The van der Waals surface area contributed by atoms with Gasteiger partial charge in [0, 0.05) is 6.21 Å². The van der Waals surface area contributed by atoms with Crippen molar-refractivity contribution in [2.75, 3.05) is 5.43 Å². The first kappa shape index (κ1) is 11.2. The molecule has 0 amide bonds. The van der Waals surface area contributed by atoms with Gasteiger partial charge in [0.25, 0.3) is 0 Å². The number of pyridine rings is 1. The van der Waals surface area contributed by atoms with Crippen molar-refractivity contribution in [1.29, 1.82) is 0 Å².